The summed E-state index contributed by atoms with van der Waals surface area (Å²) in [5.41, 5.74) is 6.11. The van der Waals surface area contributed by atoms with Crippen LogP contribution < -0.4 is 10.6 Å². The van der Waals surface area contributed by atoms with E-state index in [-0.39, 0.29) is 42.6 Å². The van der Waals surface area contributed by atoms with Crippen LogP contribution in [-0.4, -0.2) is 93.1 Å². The zero-order chi connectivity index (χ0) is 29.0. The minimum atomic E-state index is -0.988. The Morgan fingerprint density at radius 3 is 2.31 bits per heavy atom. The van der Waals surface area contributed by atoms with Crippen molar-refractivity contribution >= 4 is 35.4 Å². The summed E-state index contributed by atoms with van der Waals surface area (Å²) in [5.74, 6) is -0.204. The minimum Gasteiger partial charge on any atom is -0.462 e. The van der Waals surface area contributed by atoms with Gasteiger partial charge >= 0.3 is 11.9 Å². The van der Waals surface area contributed by atoms with Gasteiger partial charge in [-0.05, 0) is 12.8 Å². The second-order valence-electron chi connectivity index (χ2n) is 9.59. The normalized spacial score (nSPS) is 13.5. The molecule has 1 aromatic rings. The van der Waals surface area contributed by atoms with Crippen molar-refractivity contribution < 1.29 is 34.1 Å². The van der Waals surface area contributed by atoms with Gasteiger partial charge in [0, 0.05) is 31.4 Å². The van der Waals surface area contributed by atoms with Crippen LogP contribution in [0, 0.1) is 0 Å². The molecule has 0 aliphatic rings. The number of nitrogens with zero attached hydrogens (tertiary/aromatic N) is 4. The highest BCUT2D eigenvalue weighted by Gasteiger charge is 2.23. The average molecular weight is 574 g/mol. The minimum absolute atomic E-state index is 0.0355. The van der Waals surface area contributed by atoms with Gasteiger partial charge in [0.15, 0.2) is 5.82 Å². The van der Waals surface area contributed by atoms with Gasteiger partial charge in [-0.1, -0.05) is 57.6 Å². The maximum absolute atomic E-state index is 12.8. The molecule has 0 aromatic carbocycles. The molecule has 0 bridgehead atoms. The van der Waals surface area contributed by atoms with Crippen LogP contribution in [0.4, 0.5) is 5.82 Å². The number of likely N-dealkylation sites (N-methyl/N-ethyl adjacent to an activating group) is 1. The molecule has 13 heteroatoms. The first-order valence-corrected chi connectivity index (χ1v) is 15.0. The maximum Gasteiger partial charge on any atom is 0.306 e. The molecule has 1 amide bonds. The quantitative estimate of drug-likeness (QED) is 0.137. The summed E-state index contributed by atoms with van der Waals surface area (Å²) >= 11 is 1.33. The van der Waals surface area contributed by atoms with E-state index in [1.54, 1.807) is 0 Å². The number of carbonyl (C=O) groups is 3. The van der Waals surface area contributed by atoms with Crippen molar-refractivity contribution in [1.29, 1.82) is 0 Å². The summed E-state index contributed by atoms with van der Waals surface area (Å²) in [4.78, 5) is 38.5. The van der Waals surface area contributed by atoms with Crippen molar-refractivity contribution in [2.45, 2.75) is 103 Å². The Kier molecular flexibility index (Phi) is 18.4. The third-order valence-corrected chi connectivity index (χ3v) is 7.13. The highest BCUT2D eigenvalue weighted by molar-refractivity contribution is 7.99. The number of hydrogen-bond acceptors (Lipinski definition) is 11. The second-order valence-corrected chi connectivity index (χ2v) is 10.7. The van der Waals surface area contributed by atoms with Gasteiger partial charge in [-0.2, -0.15) is 11.8 Å². The fourth-order valence-electron chi connectivity index (χ4n) is 3.58. The predicted octanol–water partition coefficient (Wildman–Crippen LogP) is 2.05. The van der Waals surface area contributed by atoms with E-state index in [1.807, 2.05) is 0 Å². The largest absolute Gasteiger partial charge is 0.462 e. The summed E-state index contributed by atoms with van der Waals surface area (Å²) in [5, 5.41) is 26.3. The average Bonchev–Trinajstić information content (AvgIpc) is 3.39. The van der Waals surface area contributed by atoms with Gasteiger partial charge in [0.05, 0.1) is 31.5 Å². The number of amides is 1. The maximum atomic E-state index is 12.8. The molecule has 1 rings (SSSR count). The van der Waals surface area contributed by atoms with E-state index >= 15 is 0 Å². The van der Waals surface area contributed by atoms with Crippen LogP contribution in [0.25, 0.3) is 0 Å². The lowest BCUT2D eigenvalue weighted by atomic mass is 10.1. The number of aliphatic hydroxyl groups is 2. The molecule has 4 N–H and O–H groups in total. The van der Waals surface area contributed by atoms with E-state index < -0.39 is 24.9 Å². The van der Waals surface area contributed by atoms with Crippen molar-refractivity contribution in [3.8, 4) is 0 Å². The molecule has 0 fully saturated rings. The van der Waals surface area contributed by atoms with Crippen LogP contribution >= 0.6 is 11.8 Å². The molecule has 0 spiro atoms. The Balaban J connectivity index is 2.58. The van der Waals surface area contributed by atoms with E-state index in [1.165, 1.54) is 34.6 Å². The molecule has 0 unspecified atom stereocenters. The zero-order valence-corrected chi connectivity index (χ0v) is 24.4. The smallest absolute Gasteiger partial charge is 0.306 e. The van der Waals surface area contributed by atoms with Gasteiger partial charge in [-0.25, -0.2) is 4.68 Å². The molecular weight excluding hydrogens is 526 g/mol. The Morgan fingerprint density at radius 1 is 1.05 bits per heavy atom. The van der Waals surface area contributed by atoms with E-state index in [0.29, 0.717) is 18.6 Å². The number of nitrogens with two attached hydrogens (primary N) is 1. The fourth-order valence-corrected chi connectivity index (χ4v) is 4.54. The lowest BCUT2D eigenvalue weighted by Crippen LogP contribution is -2.44. The van der Waals surface area contributed by atoms with Crippen LogP contribution in [0.3, 0.4) is 0 Å². The molecule has 224 valence electrons. The topological polar surface area (TPSA) is 170 Å². The van der Waals surface area contributed by atoms with Crippen molar-refractivity contribution in [2.75, 3.05) is 36.7 Å². The lowest BCUT2D eigenvalue weighted by Gasteiger charge is -2.21. The number of hydrogen-bond donors (Lipinski definition) is 3. The third kappa shape index (κ3) is 15.2. The van der Waals surface area contributed by atoms with Gasteiger partial charge in [0.2, 0.25) is 5.91 Å². The van der Waals surface area contributed by atoms with Crippen LogP contribution in [0.1, 0.15) is 78.1 Å². The molecular formula is C26H47N5O7S. The van der Waals surface area contributed by atoms with Crippen molar-refractivity contribution in [2.24, 2.45) is 5.73 Å². The number of rotatable bonds is 22. The molecule has 0 saturated heterocycles. The number of anilines is 1. The highest BCUT2D eigenvalue weighted by atomic mass is 32.2. The predicted molar refractivity (Wildman–Crippen MR) is 150 cm³/mol. The standard InChI is InChI=1S/C26H47N5O7S/c1-4-6-8-10-12-24(34)37-17-21(38-25(35)13-11-9-7-5-2)18-39-19-22(27)26(36)30(3)23-15-31(29-28-23)14-20(33)16-32/h15,20-22,32-33H,4-14,16-19,27H2,1-3H3/t20-,21-,22-/m1/s1. The molecule has 0 saturated carbocycles. The molecule has 1 heterocycles. The molecule has 12 nitrogen and oxygen atoms in total. The summed E-state index contributed by atoms with van der Waals surface area (Å²) in [6.07, 6.45) is 8.22. The molecule has 0 aliphatic carbocycles. The number of aliphatic hydroxyl groups excluding tert-OH is 2. The van der Waals surface area contributed by atoms with Crippen molar-refractivity contribution in [3.63, 3.8) is 0 Å². The van der Waals surface area contributed by atoms with Crippen LogP contribution in [0.5, 0.6) is 0 Å². The summed E-state index contributed by atoms with van der Waals surface area (Å²) in [6, 6.07) is -0.861. The Hall–Kier alpha value is -2.22. The van der Waals surface area contributed by atoms with E-state index in [9.17, 15) is 19.5 Å². The van der Waals surface area contributed by atoms with Crippen LogP contribution in [0.2, 0.25) is 0 Å². The summed E-state index contributed by atoms with van der Waals surface area (Å²) in [7, 11) is 1.52. The zero-order valence-electron chi connectivity index (χ0n) is 23.6. The first kappa shape index (κ1) is 34.8. The third-order valence-electron chi connectivity index (χ3n) is 5.92. The second kappa shape index (κ2) is 20.7. The lowest BCUT2D eigenvalue weighted by molar-refractivity contribution is -0.157. The van der Waals surface area contributed by atoms with Crippen LogP contribution in [-0.2, 0) is 30.4 Å². The number of carbonyl (C=O) groups excluding carboxylic acids is 3. The molecule has 1 aromatic heterocycles. The number of ether oxygens (including phenoxy) is 2. The SMILES string of the molecule is CCCCCCC(=O)OC[C@H](CSC[C@@H](N)C(=O)N(C)c1cn(C[C@@H](O)CO)nn1)OC(=O)CCCCCC. The van der Waals surface area contributed by atoms with Gasteiger partial charge in [0.25, 0.3) is 0 Å². The molecule has 39 heavy (non-hydrogen) atoms. The number of aromatic nitrogens is 3. The highest BCUT2D eigenvalue weighted by Crippen LogP contribution is 2.14. The monoisotopic (exact) mass is 573 g/mol. The summed E-state index contributed by atoms with van der Waals surface area (Å²) in [6.45, 7) is 3.79. The Labute approximate surface area is 236 Å². The van der Waals surface area contributed by atoms with Gasteiger partial charge < -0.3 is 25.4 Å². The van der Waals surface area contributed by atoms with Gasteiger partial charge in [0.1, 0.15) is 12.7 Å². The van der Waals surface area contributed by atoms with Crippen molar-refractivity contribution in [1.82, 2.24) is 15.0 Å². The Bertz CT molecular complexity index is 841. The number of esters is 2. The van der Waals surface area contributed by atoms with Crippen LogP contribution in [0.15, 0.2) is 6.20 Å². The number of thioether (sulfide) groups is 1. The van der Waals surface area contributed by atoms with E-state index in [4.69, 9.17) is 20.3 Å². The van der Waals surface area contributed by atoms with E-state index in [2.05, 4.69) is 24.2 Å². The molecule has 0 aliphatic heterocycles. The van der Waals surface area contributed by atoms with Gasteiger partial charge in [-0.15, -0.1) is 5.10 Å². The first-order valence-electron chi connectivity index (χ1n) is 13.9. The Morgan fingerprint density at radius 2 is 1.69 bits per heavy atom. The summed E-state index contributed by atoms with van der Waals surface area (Å²) < 4.78 is 12.3. The fraction of sp³-hybridized carbons (Fsp3) is 0.808. The van der Waals surface area contributed by atoms with Gasteiger partial charge in [-0.3, -0.25) is 19.3 Å². The van der Waals surface area contributed by atoms with E-state index in [0.717, 1.165) is 51.4 Å². The molecule has 0 radical (unpaired) electrons. The first-order chi connectivity index (χ1) is 18.7. The van der Waals surface area contributed by atoms with Crippen molar-refractivity contribution in [3.05, 3.63) is 6.20 Å². The number of unbranched alkanes of at least 4 members (excludes halogenated alkanes) is 6. The molecule has 3 atom stereocenters.